The molecule has 0 aliphatic rings. The van der Waals surface area contributed by atoms with E-state index in [1.165, 1.54) is 0 Å². The Bertz CT molecular complexity index is 583. The summed E-state index contributed by atoms with van der Waals surface area (Å²) in [6, 6.07) is 7.60. The lowest BCUT2D eigenvalue weighted by Gasteiger charge is -2.29. The Labute approximate surface area is 117 Å². The van der Waals surface area contributed by atoms with Gasteiger partial charge in [-0.2, -0.15) is 0 Å². The van der Waals surface area contributed by atoms with Gasteiger partial charge in [0.15, 0.2) is 0 Å². The van der Waals surface area contributed by atoms with Gasteiger partial charge in [-0.1, -0.05) is 39.0 Å². The Balaban J connectivity index is 2.25. The largest absolute Gasteiger partial charge is 0.394 e. The van der Waals surface area contributed by atoms with E-state index < -0.39 is 0 Å². The molecule has 0 saturated carbocycles. The minimum Gasteiger partial charge on any atom is -0.394 e. The molecule has 1 heterocycles. The van der Waals surface area contributed by atoms with Crippen molar-refractivity contribution in [3.8, 4) is 0 Å². The molecule has 4 heteroatoms. The number of fused-ring (bicyclic) bond motifs is 1. The average Bonchev–Trinajstić information content (AvgIpc) is 2.78. The van der Waals surface area contributed by atoms with Gasteiger partial charge in [-0.15, -0.1) is 11.3 Å². The van der Waals surface area contributed by atoms with Gasteiger partial charge in [0.1, 0.15) is 0 Å². The van der Waals surface area contributed by atoms with Gasteiger partial charge in [-0.05, 0) is 11.5 Å². The number of aliphatic hydroxyl groups is 1. The van der Waals surface area contributed by atoms with E-state index in [9.17, 15) is 9.90 Å². The van der Waals surface area contributed by atoms with Crippen molar-refractivity contribution in [3.05, 3.63) is 35.2 Å². The molecule has 0 aliphatic heterocycles. The van der Waals surface area contributed by atoms with Crippen LogP contribution in [0.2, 0.25) is 0 Å². The SMILES string of the molecule is CC(C)(C)[C@@H](CO)NC(=O)c1csc2ccccc12. The molecule has 2 rings (SSSR count). The molecule has 1 aromatic heterocycles. The average molecular weight is 277 g/mol. The number of nitrogens with one attached hydrogen (secondary N) is 1. The molecule has 0 unspecified atom stereocenters. The molecule has 0 fully saturated rings. The summed E-state index contributed by atoms with van der Waals surface area (Å²) in [5.74, 6) is -0.119. The highest BCUT2D eigenvalue weighted by atomic mass is 32.1. The number of benzene rings is 1. The monoisotopic (exact) mass is 277 g/mol. The summed E-state index contributed by atoms with van der Waals surface area (Å²) in [5.41, 5.74) is 0.513. The molecule has 19 heavy (non-hydrogen) atoms. The van der Waals surface area contributed by atoms with Crippen LogP contribution in [0.5, 0.6) is 0 Å². The standard InChI is InChI=1S/C15H19NO2S/c1-15(2,3)13(8-17)16-14(18)11-9-19-12-7-5-4-6-10(11)12/h4-7,9,13,17H,8H2,1-3H3,(H,16,18)/t13-/m1/s1. The smallest absolute Gasteiger partial charge is 0.253 e. The summed E-state index contributed by atoms with van der Waals surface area (Å²) >= 11 is 1.56. The molecule has 1 atom stereocenters. The second-order valence-corrected chi connectivity index (χ2v) is 6.63. The minimum atomic E-state index is -0.251. The predicted octanol–water partition coefficient (Wildman–Crippen LogP) is 3.04. The third kappa shape index (κ3) is 2.96. The first-order chi connectivity index (χ1) is 8.93. The van der Waals surface area contributed by atoms with Gasteiger partial charge in [0.25, 0.3) is 5.91 Å². The van der Waals surface area contributed by atoms with Crippen LogP contribution in [0.25, 0.3) is 10.1 Å². The van der Waals surface area contributed by atoms with E-state index >= 15 is 0 Å². The van der Waals surface area contributed by atoms with E-state index in [1.807, 2.05) is 50.4 Å². The number of amides is 1. The fourth-order valence-corrected chi connectivity index (χ4v) is 2.87. The van der Waals surface area contributed by atoms with Gasteiger partial charge in [-0.25, -0.2) is 0 Å². The van der Waals surface area contributed by atoms with E-state index in [2.05, 4.69) is 5.32 Å². The number of carbonyl (C=O) groups excluding carboxylic acids is 1. The van der Waals surface area contributed by atoms with Crippen molar-refractivity contribution < 1.29 is 9.90 Å². The maximum Gasteiger partial charge on any atom is 0.253 e. The number of hydrogen-bond donors (Lipinski definition) is 2. The molecule has 1 amide bonds. The highest BCUT2D eigenvalue weighted by Gasteiger charge is 2.26. The van der Waals surface area contributed by atoms with Crippen molar-refractivity contribution in [3.63, 3.8) is 0 Å². The maximum absolute atomic E-state index is 12.3. The number of rotatable bonds is 3. The van der Waals surface area contributed by atoms with Crippen LogP contribution in [0, 0.1) is 5.41 Å². The summed E-state index contributed by atoms with van der Waals surface area (Å²) in [5, 5.41) is 15.2. The molecule has 0 saturated heterocycles. The third-order valence-corrected chi connectivity index (χ3v) is 4.22. The first kappa shape index (κ1) is 14.0. The second-order valence-electron chi connectivity index (χ2n) is 5.72. The third-order valence-electron chi connectivity index (χ3n) is 3.26. The Morgan fingerprint density at radius 1 is 1.37 bits per heavy atom. The van der Waals surface area contributed by atoms with E-state index in [4.69, 9.17) is 0 Å². The number of hydrogen-bond acceptors (Lipinski definition) is 3. The number of aliphatic hydroxyl groups excluding tert-OH is 1. The Kier molecular flexibility index (Phi) is 3.92. The number of thiophene rings is 1. The molecule has 0 spiro atoms. The van der Waals surface area contributed by atoms with Gasteiger partial charge >= 0.3 is 0 Å². The van der Waals surface area contributed by atoms with Crippen LogP contribution in [0.1, 0.15) is 31.1 Å². The zero-order chi connectivity index (χ0) is 14.0. The molecule has 2 aromatic rings. The van der Waals surface area contributed by atoms with Gasteiger partial charge in [0.2, 0.25) is 0 Å². The van der Waals surface area contributed by atoms with Crippen molar-refractivity contribution >= 4 is 27.3 Å². The summed E-state index contributed by atoms with van der Waals surface area (Å²) in [6.45, 7) is 5.94. The first-order valence-electron chi connectivity index (χ1n) is 6.31. The molecular weight excluding hydrogens is 258 g/mol. The molecule has 0 radical (unpaired) electrons. The molecule has 3 nitrogen and oxygen atoms in total. The molecule has 0 aliphatic carbocycles. The lowest BCUT2D eigenvalue weighted by molar-refractivity contribution is 0.0850. The van der Waals surface area contributed by atoms with Crippen molar-refractivity contribution in [1.82, 2.24) is 5.32 Å². The van der Waals surface area contributed by atoms with E-state index in [1.54, 1.807) is 11.3 Å². The van der Waals surface area contributed by atoms with Crippen LogP contribution in [0.15, 0.2) is 29.6 Å². The van der Waals surface area contributed by atoms with Gasteiger partial charge < -0.3 is 10.4 Å². The normalized spacial score (nSPS) is 13.5. The van der Waals surface area contributed by atoms with E-state index in [0.717, 1.165) is 10.1 Å². The van der Waals surface area contributed by atoms with Crippen LogP contribution in [0.4, 0.5) is 0 Å². The quantitative estimate of drug-likeness (QED) is 0.906. The number of carbonyl (C=O) groups is 1. The van der Waals surface area contributed by atoms with Crippen molar-refractivity contribution in [2.75, 3.05) is 6.61 Å². The summed E-state index contributed by atoms with van der Waals surface area (Å²) in [4.78, 5) is 12.3. The van der Waals surface area contributed by atoms with Gasteiger partial charge in [0.05, 0.1) is 18.2 Å². The summed E-state index contributed by atoms with van der Waals surface area (Å²) in [7, 11) is 0. The van der Waals surface area contributed by atoms with Crippen LogP contribution < -0.4 is 5.32 Å². The molecule has 0 bridgehead atoms. The topological polar surface area (TPSA) is 49.3 Å². The Morgan fingerprint density at radius 2 is 2.05 bits per heavy atom. The zero-order valence-electron chi connectivity index (χ0n) is 11.4. The first-order valence-corrected chi connectivity index (χ1v) is 7.19. The fraction of sp³-hybridized carbons (Fsp3) is 0.400. The Morgan fingerprint density at radius 3 is 2.68 bits per heavy atom. The molecule has 2 N–H and O–H groups in total. The highest BCUT2D eigenvalue weighted by molar-refractivity contribution is 7.17. The fourth-order valence-electron chi connectivity index (χ4n) is 1.93. The van der Waals surface area contributed by atoms with Gasteiger partial charge in [0, 0.05) is 15.5 Å². The van der Waals surface area contributed by atoms with Crippen LogP contribution in [0.3, 0.4) is 0 Å². The zero-order valence-corrected chi connectivity index (χ0v) is 12.3. The lowest BCUT2D eigenvalue weighted by Crippen LogP contribution is -2.46. The molecular formula is C15H19NO2S. The van der Waals surface area contributed by atoms with Crippen molar-refractivity contribution in [2.24, 2.45) is 5.41 Å². The Hall–Kier alpha value is -1.39. The van der Waals surface area contributed by atoms with E-state index in [-0.39, 0.29) is 24.0 Å². The lowest BCUT2D eigenvalue weighted by atomic mass is 9.87. The maximum atomic E-state index is 12.3. The molecule has 1 aromatic carbocycles. The summed E-state index contributed by atoms with van der Waals surface area (Å²) in [6.07, 6.45) is 0. The van der Waals surface area contributed by atoms with Crippen LogP contribution in [-0.2, 0) is 0 Å². The predicted molar refractivity (Wildman–Crippen MR) is 79.6 cm³/mol. The highest BCUT2D eigenvalue weighted by Crippen LogP contribution is 2.26. The van der Waals surface area contributed by atoms with E-state index in [0.29, 0.717) is 5.56 Å². The van der Waals surface area contributed by atoms with Crippen LogP contribution in [-0.4, -0.2) is 23.7 Å². The molecule has 102 valence electrons. The van der Waals surface area contributed by atoms with Crippen molar-refractivity contribution in [2.45, 2.75) is 26.8 Å². The van der Waals surface area contributed by atoms with Crippen LogP contribution >= 0.6 is 11.3 Å². The van der Waals surface area contributed by atoms with Gasteiger partial charge in [-0.3, -0.25) is 4.79 Å². The minimum absolute atomic E-state index is 0.0582. The summed E-state index contributed by atoms with van der Waals surface area (Å²) < 4.78 is 1.10. The second kappa shape index (κ2) is 5.31. The van der Waals surface area contributed by atoms with Crippen molar-refractivity contribution in [1.29, 1.82) is 0 Å².